The highest BCUT2D eigenvalue weighted by atomic mass is 16.2. The van der Waals surface area contributed by atoms with Gasteiger partial charge in [-0.3, -0.25) is 4.57 Å². The van der Waals surface area contributed by atoms with Gasteiger partial charge < -0.3 is 10.6 Å². The van der Waals surface area contributed by atoms with Crippen molar-refractivity contribution in [2.24, 2.45) is 0 Å². The van der Waals surface area contributed by atoms with Gasteiger partial charge in [-0.05, 0) is 51.7 Å². The first-order valence-electron chi connectivity index (χ1n) is 8.34. The van der Waals surface area contributed by atoms with Crippen LogP contribution in [0.25, 0.3) is 5.69 Å². The first-order chi connectivity index (χ1) is 11.1. The molecular weight excluding hydrogens is 288 g/mol. The fourth-order valence-electron chi connectivity index (χ4n) is 3.07. The van der Waals surface area contributed by atoms with Crippen LogP contribution in [-0.4, -0.2) is 21.6 Å². The third kappa shape index (κ3) is 3.55. The van der Waals surface area contributed by atoms with E-state index in [2.05, 4.69) is 27.3 Å². The minimum Gasteiger partial charge on any atom is -0.336 e. The van der Waals surface area contributed by atoms with Crippen LogP contribution in [0.1, 0.15) is 43.9 Å². The van der Waals surface area contributed by atoms with Crippen molar-refractivity contribution < 1.29 is 4.79 Å². The molecule has 1 aromatic heterocycles. The van der Waals surface area contributed by atoms with Gasteiger partial charge in [-0.1, -0.05) is 18.2 Å². The zero-order chi connectivity index (χ0) is 16.2. The largest absolute Gasteiger partial charge is 0.336 e. The van der Waals surface area contributed by atoms with Crippen molar-refractivity contribution in [1.29, 1.82) is 0 Å². The van der Waals surface area contributed by atoms with Crippen molar-refractivity contribution >= 4 is 6.03 Å². The van der Waals surface area contributed by atoms with E-state index in [-0.39, 0.29) is 12.1 Å². The molecule has 0 atom stereocenters. The number of nitrogens with zero attached hydrogens (tertiary/aromatic N) is 2. The number of amides is 2. The Morgan fingerprint density at radius 2 is 1.96 bits per heavy atom. The van der Waals surface area contributed by atoms with Gasteiger partial charge in [0.05, 0.1) is 12.2 Å². The fraction of sp³-hybridized carbons (Fsp3) is 0.444. The van der Waals surface area contributed by atoms with E-state index < -0.39 is 0 Å². The number of carbonyl (C=O) groups excluding carboxylic acids is 1. The van der Waals surface area contributed by atoms with Crippen LogP contribution in [-0.2, 0) is 19.4 Å². The molecule has 0 radical (unpaired) electrons. The summed E-state index contributed by atoms with van der Waals surface area (Å²) in [5.41, 5.74) is 3.59. The molecule has 1 aliphatic carbocycles. The van der Waals surface area contributed by atoms with Crippen LogP contribution < -0.4 is 10.6 Å². The van der Waals surface area contributed by atoms with Gasteiger partial charge in [0, 0.05) is 17.4 Å². The van der Waals surface area contributed by atoms with Crippen molar-refractivity contribution in [3.8, 4) is 5.69 Å². The van der Waals surface area contributed by atoms with Crippen molar-refractivity contribution in [3.63, 3.8) is 0 Å². The molecule has 2 aromatic rings. The van der Waals surface area contributed by atoms with Gasteiger partial charge in [-0.25, -0.2) is 9.78 Å². The van der Waals surface area contributed by atoms with Crippen molar-refractivity contribution in [3.05, 3.63) is 47.5 Å². The first-order valence-corrected chi connectivity index (χ1v) is 8.34. The van der Waals surface area contributed by atoms with Crippen LogP contribution in [0, 0.1) is 0 Å². The Morgan fingerprint density at radius 1 is 1.22 bits per heavy atom. The molecule has 0 unspecified atom stereocenters. The number of hydrogen-bond acceptors (Lipinski definition) is 2. The molecule has 1 heterocycles. The molecule has 0 aliphatic heterocycles. The van der Waals surface area contributed by atoms with E-state index in [4.69, 9.17) is 4.98 Å². The normalized spacial score (nSPS) is 13.7. The number of imidazole rings is 1. The lowest BCUT2D eigenvalue weighted by molar-refractivity contribution is 0.238. The maximum Gasteiger partial charge on any atom is 0.315 e. The molecule has 23 heavy (non-hydrogen) atoms. The molecule has 0 saturated carbocycles. The predicted molar refractivity (Wildman–Crippen MR) is 90.7 cm³/mol. The van der Waals surface area contributed by atoms with E-state index in [1.54, 1.807) is 0 Å². The molecule has 0 fully saturated rings. The van der Waals surface area contributed by atoms with Gasteiger partial charge in [-0.2, -0.15) is 0 Å². The summed E-state index contributed by atoms with van der Waals surface area (Å²) in [6.07, 6.45) is 4.47. The topological polar surface area (TPSA) is 59.0 Å². The lowest BCUT2D eigenvalue weighted by Crippen LogP contribution is -2.39. The molecule has 5 heteroatoms. The molecule has 0 saturated heterocycles. The summed E-state index contributed by atoms with van der Waals surface area (Å²) in [7, 11) is 0. The lowest BCUT2D eigenvalue weighted by Gasteiger charge is -2.16. The fourth-order valence-corrected chi connectivity index (χ4v) is 3.07. The second-order valence-corrected chi connectivity index (χ2v) is 6.28. The molecule has 1 aliphatic rings. The number of urea groups is 1. The number of rotatable bonds is 4. The molecule has 3 rings (SSSR count). The number of fused-ring (bicyclic) bond motifs is 1. The van der Waals surface area contributed by atoms with Gasteiger partial charge in [0.15, 0.2) is 0 Å². The van der Waals surface area contributed by atoms with E-state index >= 15 is 0 Å². The van der Waals surface area contributed by atoms with Gasteiger partial charge in [0.25, 0.3) is 0 Å². The minimum absolute atomic E-state index is 0.122. The highest BCUT2D eigenvalue weighted by Gasteiger charge is 2.21. The van der Waals surface area contributed by atoms with E-state index in [1.165, 1.54) is 24.2 Å². The average molecular weight is 312 g/mol. The molecule has 0 spiro atoms. The van der Waals surface area contributed by atoms with Crippen molar-refractivity contribution in [2.45, 2.75) is 52.1 Å². The van der Waals surface area contributed by atoms with Gasteiger partial charge >= 0.3 is 6.03 Å². The van der Waals surface area contributed by atoms with Gasteiger partial charge in [0.2, 0.25) is 0 Å². The van der Waals surface area contributed by atoms with E-state index in [1.807, 2.05) is 32.0 Å². The third-order valence-corrected chi connectivity index (χ3v) is 4.04. The van der Waals surface area contributed by atoms with Crippen LogP contribution in [0.2, 0.25) is 0 Å². The number of para-hydroxylation sites is 1. The van der Waals surface area contributed by atoms with E-state index in [0.717, 1.165) is 24.4 Å². The third-order valence-electron chi connectivity index (χ3n) is 4.04. The molecule has 2 N–H and O–H groups in total. The summed E-state index contributed by atoms with van der Waals surface area (Å²) in [6, 6.07) is 10.2. The standard InChI is InChI=1S/C18H24N4O/c1-13(2)20-18(23)19-12-17-21-15-10-6-7-11-16(15)22(17)14-8-4-3-5-9-14/h3-5,8-9,13H,6-7,10-12H2,1-2H3,(H2,19,20,23). The Kier molecular flexibility index (Phi) is 4.65. The summed E-state index contributed by atoms with van der Waals surface area (Å²) in [5, 5.41) is 5.76. The molecular formula is C18H24N4O. The quantitative estimate of drug-likeness (QED) is 0.912. The predicted octanol–water partition coefficient (Wildman–Crippen LogP) is 2.96. The van der Waals surface area contributed by atoms with Gasteiger partial charge in [-0.15, -0.1) is 0 Å². The lowest BCUT2D eigenvalue weighted by atomic mass is 10.0. The maximum atomic E-state index is 11.9. The van der Waals surface area contributed by atoms with Crippen molar-refractivity contribution in [1.82, 2.24) is 20.2 Å². The summed E-state index contributed by atoms with van der Waals surface area (Å²) < 4.78 is 2.21. The molecule has 122 valence electrons. The maximum absolute atomic E-state index is 11.9. The summed E-state index contributed by atoms with van der Waals surface area (Å²) in [5.74, 6) is 0.905. The van der Waals surface area contributed by atoms with Crippen LogP contribution in [0.3, 0.4) is 0 Å². The van der Waals surface area contributed by atoms with E-state index in [0.29, 0.717) is 6.54 Å². The Balaban J connectivity index is 1.87. The monoisotopic (exact) mass is 312 g/mol. The Morgan fingerprint density at radius 3 is 2.70 bits per heavy atom. The number of aryl methyl sites for hydroxylation is 1. The van der Waals surface area contributed by atoms with Crippen molar-refractivity contribution in [2.75, 3.05) is 0 Å². The Bertz CT molecular complexity index is 676. The summed E-state index contributed by atoms with van der Waals surface area (Å²) >= 11 is 0. The highest BCUT2D eigenvalue weighted by molar-refractivity contribution is 5.74. The molecule has 5 nitrogen and oxygen atoms in total. The second-order valence-electron chi connectivity index (χ2n) is 6.28. The van der Waals surface area contributed by atoms with Crippen LogP contribution >= 0.6 is 0 Å². The Labute approximate surface area is 137 Å². The van der Waals surface area contributed by atoms with Crippen LogP contribution in [0.5, 0.6) is 0 Å². The number of nitrogens with one attached hydrogen (secondary N) is 2. The smallest absolute Gasteiger partial charge is 0.315 e. The zero-order valence-corrected chi connectivity index (χ0v) is 13.8. The second kappa shape index (κ2) is 6.86. The summed E-state index contributed by atoms with van der Waals surface area (Å²) in [4.78, 5) is 16.7. The van der Waals surface area contributed by atoms with Crippen LogP contribution in [0.15, 0.2) is 30.3 Å². The molecule has 0 bridgehead atoms. The first kappa shape index (κ1) is 15.6. The number of hydrogen-bond donors (Lipinski definition) is 2. The van der Waals surface area contributed by atoms with Gasteiger partial charge in [0.1, 0.15) is 5.82 Å². The van der Waals surface area contributed by atoms with Crippen LogP contribution in [0.4, 0.5) is 4.79 Å². The number of aromatic nitrogens is 2. The molecule has 1 aromatic carbocycles. The Hall–Kier alpha value is -2.30. The molecule has 2 amide bonds. The SMILES string of the molecule is CC(C)NC(=O)NCc1nc2c(n1-c1ccccc1)CCCC2. The number of benzene rings is 1. The highest BCUT2D eigenvalue weighted by Crippen LogP contribution is 2.25. The summed E-state index contributed by atoms with van der Waals surface area (Å²) in [6.45, 7) is 4.33. The average Bonchev–Trinajstić information content (AvgIpc) is 2.91. The number of carbonyl (C=O) groups is 1. The minimum atomic E-state index is -0.152. The zero-order valence-electron chi connectivity index (χ0n) is 13.8. The van der Waals surface area contributed by atoms with E-state index in [9.17, 15) is 4.79 Å².